The number of hydrogen-bond donors (Lipinski definition) is 2. The van der Waals surface area contributed by atoms with Crippen LogP contribution in [0, 0.1) is 19.8 Å². The Morgan fingerprint density at radius 1 is 1.24 bits per heavy atom. The molecule has 1 heterocycles. The third-order valence-corrected chi connectivity index (χ3v) is 4.92. The van der Waals surface area contributed by atoms with E-state index in [0.29, 0.717) is 12.2 Å². The monoisotopic (exact) mass is 359 g/mol. The standard InChI is InChI=1S/C19H25N3O2S/c1-11(2)17(21-14(5)23)19-22-16(10-25-19)18(24)20-9-15-8-12(3)6-7-13(15)4/h6-8,10-11,17H,9H2,1-5H3,(H,20,24)(H,21,23)/t17-/m0/s1. The Morgan fingerprint density at radius 2 is 1.96 bits per heavy atom. The van der Waals surface area contributed by atoms with Crippen LogP contribution in [0.3, 0.4) is 0 Å². The summed E-state index contributed by atoms with van der Waals surface area (Å²) in [5.41, 5.74) is 3.81. The number of aromatic nitrogens is 1. The molecule has 25 heavy (non-hydrogen) atoms. The molecule has 2 N–H and O–H groups in total. The molecule has 134 valence electrons. The molecule has 0 fully saturated rings. The van der Waals surface area contributed by atoms with E-state index >= 15 is 0 Å². The van der Waals surface area contributed by atoms with Gasteiger partial charge in [0.15, 0.2) is 0 Å². The van der Waals surface area contributed by atoms with E-state index in [1.165, 1.54) is 23.8 Å². The van der Waals surface area contributed by atoms with Crippen LogP contribution in [0.4, 0.5) is 0 Å². The molecule has 0 unspecified atom stereocenters. The number of nitrogens with one attached hydrogen (secondary N) is 2. The molecule has 1 atom stereocenters. The van der Waals surface area contributed by atoms with Gasteiger partial charge in [-0.1, -0.05) is 37.6 Å². The van der Waals surface area contributed by atoms with Gasteiger partial charge in [0.2, 0.25) is 5.91 Å². The Morgan fingerprint density at radius 3 is 2.60 bits per heavy atom. The van der Waals surface area contributed by atoms with E-state index in [0.717, 1.165) is 16.1 Å². The second kappa shape index (κ2) is 8.25. The van der Waals surface area contributed by atoms with Crippen LogP contribution in [0.5, 0.6) is 0 Å². The first-order valence-corrected chi connectivity index (χ1v) is 9.22. The second-order valence-corrected chi connectivity index (χ2v) is 7.50. The summed E-state index contributed by atoms with van der Waals surface area (Å²) in [7, 11) is 0. The highest BCUT2D eigenvalue weighted by molar-refractivity contribution is 7.09. The normalized spacial score (nSPS) is 12.1. The number of thiazole rings is 1. The van der Waals surface area contributed by atoms with Gasteiger partial charge in [0, 0.05) is 18.8 Å². The molecule has 0 aliphatic rings. The van der Waals surface area contributed by atoms with Crippen LogP contribution in [0.15, 0.2) is 23.6 Å². The van der Waals surface area contributed by atoms with Crippen LogP contribution in [0.2, 0.25) is 0 Å². The van der Waals surface area contributed by atoms with Crippen molar-refractivity contribution in [1.29, 1.82) is 0 Å². The quantitative estimate of drug-likeness (QED) is 0.829. The smallest absolute Gasteiger partial charge is 0.271 e. The van der Waals surface area contributed by atoms with Crippen molar-refractivity contribution in [3.8, 4) is 0 Å². The SMILES string of the molecule is CC(=O)N[C@H](c1nc(C(=O)NCc2cc(C)ccc2C)cs1)C(C)C. The first-order chi connectivity index (χ1) is 11.8. The van der Waals surface area contributed by atoms with Crippen molar-refractivity contribution in [2.24, 2.45) is 5.92 Å². The van der Waals surface area contributed by atoms with Crippen LogP contribution >= 0.6 is 11.3 Å². The van der Waals surface area contributed by atoms with Crippen molar-refractivity contribution < 1.29 is 9.59 Å². The van der Waals surface area contributed by atoms with Gasteiger partial charge in [0.25, 0.3) is 5.91 Å². The molecular formula is C19H25N3O2S. The molecule has 0 saturated carbocycles. The highest BCUT2D eigenvalue weighted by atomic mass is 32.1. The first-order valence-electron chi connectivity index (χ1n) is 8.34. The molecule has 0 bridgehead atoms. The Hall–Kier alpha value is -2.21. The van der Waals surface area contributed by atoms with E-state index < -0.39 is 0 Å². The minimum Gasteiger partial charge on any atom is -0.347 e. The summed E-state index contributed by atoms with van der Waals surface area (Å²) in [6.45, 7) is 10.1. The predicted octanol–water partition coefficient (Wildman–Crippen LogP) is 3.52. The molecule has 2 rings (SSSR count). The zero-order valence-electron chi connectivity index (χ0n) is 15.3. The van der Waals surface area contributed by atoms with E-state index in [1.54, 1.807) is 5.38 Å². The zero-order valence-corrected chi connectivity index (χ0v) is 16.2. The van der Waals surface area contributed by atoms with Crippen molar-refractivity contribution >= 4 is 23.2 Å². The summed E-state index contributed by atoms with van der Waals surface area (Å²) in [4.78, 5) is 28.2. The summed E-state index contributed by atoms with van der Waals surface area (Å²) < 4.78 is 0. The van der Waals surface area contributed by atoms with Crippen LogP contribution in [0.25, 0.3) is 0 Å². The Labute approximate surface area is 152 Å². The van der Waals surface area contributed by atoms with E-state index in [2.05, 4.69) is 33.8 Å². The molecule has 1 aromatic heterocycles. The summed E-state index contributed by atoms with van der Waals surface area (Å²) >= 11 is 1.40. The van der Waals surface area contributed by atoms with Crippen molar-refractivity contribution in [3.63, 3.8) is 0 Å². The maximum atomic E-state index is 12.4. The van der Waals surface area contributed by atoms with Crippen LogP contribution in [0.1, 0.15) is 59.0 Å². The van der Waals surface area contributed by atoms with E-state index in [9.17, 15) is 9.59 Å². The number of rotatable bonds is 6. The fraction of sp³-hybridized carbons (Fsp3) is 0.421. The minimum absolute atomic E-state index is 0.102. The molecule has 2 amide bonds. The molecule has 0 saturated heterocycles. The third-order valence-electron chi connectivity index (χ3n) is 3.99. The molecule has 0 aliphatic heterocycles. The van der Waals surface area contributed by atoms with Gasteiger partial charge >= 0.3 is 0 Å². The predicted molar refractivity (Wildman–Crippen MR) is 101 cm³/mol. The van der Waals surface area contributed by atoms with E-state index in [1.807, 2.05) is 27.7 Å². The van der Waals surface area contributed by atoms with Gasteiger partial charge in [-0.05, 0) is 30.9 Å². The van der Waals surface area contributed by atoms with Gasteiger partial charge in [-0.2, -0.15) is 0 Å². The zero-order chi connectivity index (χ0) is 18.6. The van der Waals surface area contributed by atoms with Crippen molar-refractivity contribution in [1.82, 2.24) is 15.6 Å². The number of carbonyl (C=O) groups is 2. The number of benzene rings is 1. The number of amides is 2. The molecule has 0 aliphatic carbocycles. The summed E-state index contributed by atoms with van der Waals surface area (Å²) in [6, 6.07) is 6.01. The summed E-state index contributed by atoms with van der Waals surface area (Å²) in [5, 5.41) is 8.31. The van der Waals surface area contributed by atoms with E-state index in [4.69, 9.17) is 0 Å². The second-order valence-electron chi connectivity index (χ2n) is 6.61. The van der Waals surface area contributed by atoms with Crippen molar-refractivity contribution in [2.45, 2.75) is 47.2 Å². The minimum atomic E-state index is -0.200. The van der Waals surface area contributed by atoms with Crippen molar-refractivity contribution in [3.05, 3.63) is 51.0 Å². The van der Waals surface area contributed by atoms with Gasteiger partial charge in [0.1, 0.15) is 10.7 Å². The van der Waals surface area contributed by atoms with Gasteiger partial charge < -0.3 is 10.6 Å². The van der Waals surface area contributed by atoms with E-state index in [-0.39, 0.29) is 23.8 Å². The van der Waals surface area contributed by atoms with Gasteiger partial charge in [-0.3, -0.25) is 9.59 Å². The number of nitrogens with zero attached hydrogens (tertiary/aromatic N) is 1. The van der Waals surface area contributed by atoms with Gasteiger partial charge in [-0.25, -0.2) is 4.98 Å². The van der Waals surface area contributed by atoms with Gasteiger partial charge in [-0.15, -0.1) is 11.3 Å². The Balaban J connectivity index is 2.06. The fourth-order valence-corrected chi connectivity index (χ4v) is 3.54. The number of hydrogen-bond acceptors (Lipinski definition) is 4. The molecule has 0 spiro atoms. The topological polar surface area (TPSA) is 71.1 Å². The average molecular weight is 359 g/mol. The lowest BCUT2D eigenvalue weighted by molar-refractivity contribution is -0.120. The fourth-order valence-electron chi connectivity index (χ4n) is 2.52. The third kappa shape index (κ3) is 5.13. The van der Waals surface area contributed by atoms with Crippen molar-refractivity contribution in [2.75, 3.05) is 0 Å². The Bertz CT molecular complexity index is 768. The first kappa shape index (κ1) is 19.1. The lowest BCUT2D eigenvalue weighted by Crippen LogP contribution is -2.30. The van der Waals surface area contributed by atoms with Gasteiger partial charge in [0.05, 0.1) is 6.04 Å². The molecular weight excluding hydrogens is 334 g/mol. The summed E-state index contributed by atoms with van der Waals surface area (Å²) in [6.07, 6.45) is 0. The largest absolute Gasteiger partial charge is 0.347 e. The molecule has 5 nitrogen and oxygen atoms in total. The lowest BCUT2D eigenvalue weighted by atomic mass is 10.1. The Kier molecular flexibility index (Phi) is 6.31. The number of aryl methyl sites for hydroxylation is 2. The van der Waals surface area contributed by atoms with Crippen LogP contribution in [-0.2, 0) is 11.3 Å². The average Bonchev–Trinajstić information content (AvgIpc) is 3.02. The highest BCUT2D eigenvalue weighted by Crippen LogP contribution is 2.25. The molecule has 6 heteroatoms. The summed E-state index contributed by atoms with van der Waals surface area (Å²) in [5.74, 6) is -0.107. The maximum Gasteiger partial charge on any atom is 0.271 e. The molecule has 2 aromatic rings. The highest BCUT2D eigenvalue weighted by Gasteiger charge is 2.22. The maximum absolute atomic E-state index is 12.4. The van der Waals surface area contributed by atoms with Crippen LogP contribution < -0.4 is 10.6 Å². The lowest BCUT2D eigenvalue weighted by Gasteiger charge is -2.19. The molecule has 0 radical (unpaired) electrons. The molecule has 1 aromatic carbocycles. The number of carbonyl (C=O) groups excluding carboxylic acids is 2. The van der Waals surface area contributed by atoms with Crippen LogP contribution in [-0.4, -0.2) is 16.8 Å².